The Balaban J connectivity index is 1.82. The maximum absolute atomic E-state index is 13.1. The van der Waals surface area contributed by atoms with Gasteiger partial charge in [0.05, 0.1) is 0 Å². The second kappa shape index (κ2) is 10.0. The number of amides is 4. The lowest BCUT2D eigenvalue weighted by atomic mass is 10.2. The summed E-state index contributed by atoms with van der Waals surface area (Å²) in [5.74, 6) is -2.48. The molecule has 28 heavy (non-hydrogen) atoms. The van der Waals surface area contributed by atoms with Crippen molar-refractivity contribution in [3.8, 4) is 0 Å². The SMILES string of the molecule is CCC(=O)NCCNC(=O)c1ccc(NC(=O)Nc2ccc(F)c(F)c2)cc1. The van der Waals surface area contributed by atoms with Gasteiger partial charge in [-0.2, -0.15) is 0 Å². The number of hydrogen-bond acceptors (Lipinski definition) is 3. The molecule has 0 atom stereocenters. The average Bonchev–Trinajstić information content (AvgIpc) is 2.68. The summed E-state index contributed by atoms with van der Waals surface area (Å²) in [6.45, 7) is 2.37. The highest BCUT2D eigenvalue weighted by Crippen LogP contribution is 2.14. The van der Waals surface area contributed by atoms with Crippen LogP contribution in [0, 0.1) is 11.6 Å². The van der Waals surface area contributed by atoms with E-state index in [0.717, 1.165) is 12.1 Å². The predicted octanol–water partition coefficient (Wildman–Crippen LogP) is 2.86. The molecule has 4 N–H and O–H groups in total. The van der Waals surface area contributed by atoms with Crippen LogP contribution in [0.2, 0.25) is 0 Å². The van der Waals surface area contributed by atoms with Crippen LogP contribution in [0.1, 0.15) is 23.7 Å². The van der Waals surface area contributed by atoms with Gasteiger partial charge in [0.25, 0.3) is 5.91 Å². The van der Waals surface area contributed by atoms with Gasteiger partial charge in [-0.3, -0.25) is 9.59 Å². The van der Waals surface area contributed by atoms with Gasteiger partial charge in [-0.1, -0.05) is 6.92 Å². The molecule has 0 bridgehead atoms. The highest BCUT2D eigenvalue weighted by atomic mass is 19.2. The minimum atomic E-state index is -1.07. The fourth-order valence-corrected chi connectivity index (χ4v) is 2.18. The number of nitrogens with one attached hydrogen (secondary N) is 4. The minimum Gasteiger partial charge on any atom is -0.354 e. The first-order valence-corrected chi connectivity index (χ1v) is 8.57. The van der Waals surface area contributed by atoms with Crippen LogP contribution in [-0.2, 0) is 4.79 Å². The van der Waals surface area contributed by atoms with Gasteiger partial charge in [0.2, 0.25) is 5.91 Å². The van der Waals surface area contributed by atoms with Crippen molar-refractivity contribution >= 4 is 29.2 Å². The van der Waals surface area contributed by atoms with Crippen LogP contribution < -0.4 is 21.3 Å². The van der Waals surface area contributed by atoms with E-state index < -0.39 is 17.7 Å². The Morgan fingerprint density at radius 3 is 2.07 bits per heavy atom. The monoisotopic (exact) mass is 390 g/mol. The standard InChI is InChI=1S/C19H20F2N4O3/c1-2-17(26)22-9-10-23-18(27)12-3-5-13(6-4-12)24-19(28)25-14-7-8-15(20)16(21)11-14/h3-8,11H,2,9-10H2,1H3,(H,22,26)(H,23,27)(H2,24,25,28). The summed E-state index contributed by atoms with van der Waals surface area (Å²) in [6, 6.07) is 8.46. The van der Waals surface area contributed by atoms with Gasteiger partial charge in [0.1, 0.15) is 0 Å². The highest BCUT2D eigenvalue weighted by Gasteiger charge is 2.08. The van der Waals surface area contributed by atoms with Crippen LogP contribution in [0.5, 0.6) is 0 Å². The van der Waals surface area contributed by atoms with Crippen LogP contribution in [0.4, 0.5) is 25.0 Å². The molecule has 9 heteroatoms. The van der Waals surface area contributed by atoms with E-state index in [1.54, 1.807) is 6.92 Å². The number of carbonyl (C=O) groups is 3. The van der Waals surface area contributed by atoms with Crippen LogP contribution in [0.15, 0.2) is 42.5 Å². The topological polar surface area (TPSA) is 99.3 Å². The minimum absolute atomic E-state index is 0.0914. The van der Waals surface area contributed by atoms with Gasteiger partial charge in [0, 0.05) is 42.5 Å². The molecule has 4 amide bonds. The Bertz CT molecular complexity index is 857. The zero-order valence-electron chi connectivity index (χ0n) is 15.1. The van der Waals surface area contributed by atoms with Gasteiger partial charge in [-0.15, -0.1) is 0 Å². The van der Waals surface area contributed by atoms with E-state index in [9.17, 15) is 23.2 Å². The molecule has 2 rings (SSSR count). The maximum Gasteiger partial charge on any atom is 0.323 e. The Morgan fingerprint density at radius 2 is 1.43 bits per heavy atom. The van der Waals surface area contributed by atoms with Crippen molar-refractivity contribution in [2.45, 2.75) is 13.3 Å². The van der Waals surface area contributed by atoms with E-state index in [0.29, 0.717) is 30.8 Å². The lowest BCUT2D eigenvalue weighted by Gasteiger charge is -2.09. The summed E-state index contributed by atoms with van der Waals surface area (Å²) in [5, 5.41) is 10.2. The third kappa shape index (κ3) is 6.35. The van der Waals surface area contributed by atoms with Gasteiger partial charge < -0.3 is 21.3 Å². The molecule has 0 aromatic heterocycles. The molecular formula is C19H20F2N4O3. The fourth-order valence-electron chi connectivity index (χ4n) is 2.18. The van der Waals surface area contributed by atoms with Crippen LogP contribution in [-0.4, -0.2) is 30.9 Å². The number of halogens is 2. The van der Waals surface area contributed by atoms with Gasteiger partial charge >= 0.3 is 6.03 Å². The summed E-state index contributed by atoms with van der Waals surface area (Å²) in [6.07, 6.45) is 0.381. The molecular weight excluding hydrogens is 370 g/mol. The van der Waals surface area contributed by atoms with Crippen molar-refractivity contribution in [3.05, 3.63) is 59.7 Å². The molecule has 0 aliphatic heterocycles. The van der Waals surface area contributed by atoms with Crippen molar-refractivity contribution < 1.29 is 23.2 Å². The van der Waals surface area contributed by atoms with Crippen molar-refractivity contribution in [2.24, 2.45) is 0 Å². The van der Waals surface area contributed by atoms with E-state index in [1.165, 1.54) is 30.3 Å². The molecule has 2 aromatic rings. The predicted molar refractivity (Wildman–Crippen MR) is 101 cm³/mol. The summed E-state index contributed by atoms with van der Waals surface area (Å²) < 4.78 is 26.0. The second-order valence-corrected chi connectivity index (χ2v) is 5.74. The first-order valence-electron chi connectivity index (χ1n) is 8.57. The normalized spacial score (nSPS) is 10.1. The highest BCUT2D eigenvalue weighted by molar-refractivity contribution is 6.00. The first kappa shape index (κ1) is 20.8. The summed E-state index contributed by atoms with van der Waals surface area (Å²) in [7, 11) is 0. The third-order valence-corrected chi connectivity index (χ3v) is 3.64. The number of hydrogen-bond donors (Lipinski definition) is 4. The summed E-state index contributed by atoms with van der Waals surface area (Å²) in [4.78, 5) is 35.0. The van der Waals surface area contributed by atoms with E-state index >= 15 is 0 Å². The molecule has 0 unspecified atom stereocenters. The number of benzene rings is 2. The molecule has 0 heterocycles. The first-order chi connectivity index (χ1) is 13.4. The third-order valence-electron chi connectivity index (χ3n) is 3.64. The van der Waals surface area contributed by atoms with Crippen LogP contribution in [0.25, 0.3) is 0 Å². The molecule has 7 nitrogen and oxygen atoms in total. The Kier molecular flexibility index (Phi) is 7.44. The number of anilines is 2. The number of urea groups is 1. The Labute approximate surface area is 160 Å². The van der Waals surface area contributed by atoms with E-state index in [4.69, 9.17) is 0 Å². The van der Waals surface area contributed by atoms with Crippen LogP contribution >= 0.6 is 0 Å². The maximum atomic E-state index is 13.1. The van der Waals surface area contributed by atoms with Crippen molar-refractivity contribution in [3.63, 3.8) is 0 Å². The lowest BCUT2D eigenvalue weighted by Crippen LogP contribution is -2.34. The number of rotatable bonds is 7. The summed E-state index contributed by atoms with van der Waals surface area (Å²) in [5.41, 5.74) is 0.891. The zero-order chi connectivity index (χ0) is 20.5. The largest absolute Gasteiger partial charge is 0.354 e. The molecule has 0 aliphatic rings. The van der Waals surface area contributed by atoms with Gasteiger partial charge in [-0.25, -0.2) is 13.6 Å². The fraction of sp³-hybridized carbons (Fsp3) is 0.211. The lowest BCUT2D eigenvalue weighted by molar-refractivity contribution is -0.120. The van der Waals surface area contributed by atoms with Crippen molar-refractivity contribution in [1.29, 1.82) is 0 Å². The molecule has 0 fully saturated rings. The Morgan fingerprint density at radius 1 is 0.821 bits per heavy atom. The molecule has 2 aromatic carbocycles. The van der Waals surface area contributed by atoms with Crippen molar-refractivity contribution in [2.75, 3.05) is 23.7 Å². The quantitative estimate of drug-likeness (QED) is 0.547. The van der Waals surface area contributed by atoms with Gasteiger partial charge in [0.15, 0.2) is 11.6 Å². The molecule has 0 aliphatic carbocycles. The molecule has 0 radical (unpaired) electrons. The zero-order valence-corrected chi connectivity index (χ0v) is 15.1. The van der Waals surface area contributed by atoms with Crippen molar-refractivity contribution in [1.82, 2.24) is 10.6 Å². The van der Waals surface area contributed by atoms with Crippen LogP contribution in [0.3, 0.4) is 0 Å². The Hall–Kier alpha value is -3.49. The molecule has 0 saturated heterocycles. The van der Waals surface area contributed by atoms with E-state index in [2.05, 4.69) is 21.3 Å². The summed E-state index contributed by atoms with van der Waals surface area (Å²) >= 11 is 0. The van der Waals surface area contributed by atoms with E-state index in [1.807, 2.05) is 0 Å². The molecule has 0 saturated carbocycles. The number of carbonyl (C=O) groups excluding carboxylic acids is 3. The molecule has 148 valence electrons. The van der Waals surface area contributed by atoms with E-state index in [-0.39, 0.29) is 17.5 Å². The van der Waals surface area contributed by atoms with Gasteiger partial charge in [-0.05, 0) is 36.4 Å². The molecule has 0 spiro atoms. The smallest absolute Gasteiger partial charge is 0.323 e. The average molecular weight is 390 g/mol. The second-order valence-electron chi connectivity index (χ2n) is 5.74.